The maximum atomic E-state index is 11.6. The lowest BCUT2D eigenvalue weighted by Crippen LogP contribution is -2.36. The fourth-order valence-corrected chi connectivity index (χ4v) is 2.22. The van der Waals surface area contributed by atoms with E-state index in [0.717, 1.165) is 13.0 Å². The van der Waals surface area contributed by atoms with Gasteiger partial charge < -0.3 is 20.5 Å². The third-order valence-electron chi connectivity index (χ3n) is 3.48. The van der Waals surface area contributed by atoms with E-state index >= 15 is 0 Å². The minimum absolute atomic E-state index is 0. The number of rotatable bonds is 7. The zero-order valence-electron chi connectivity index (χ0n) is 12.0. The Morgan fingerprint density at radius 3 is 2.76 bits per heavy atom. The minimum atomic E-state index is -0.366. The van der Waals surface area contributed by atoms with Crippen LogP contribution in [0.2, 0.25) is 0 Å². The van der Waals surface area contributed by atoms with Gasteiger partial charge in [-0.05, 0) is 12.0 Å². The maximum absolute atomic E-state index is 11.6. The molecule has 6 heteroatoms. The lowest BCUT2D eigenvalue weighted by molar-refractivity contribution is -0.125. The van der Waals surface area contributed by atoms with Gasteiger partial charge in [0, 0.05) is 25.6 Å². The van der Waals surface area contributed by atoms with Crippen molar-refractivity contribution in [3.05, 3.63) is 35.9 Å². The number of aliphatic hydroxyl groups is 1. The first kappa shape index (κ1) is 17.9. The standard InChI is InChI=1S/C15H22N2O3.ClH/c18-14-10-16-8-13(14)9-17-15(19)11-20-7-6-12-4-2-1-3-5-12;/h1-5,13-14,16,18H,6-11H2,(H,17,19);1H. The molecule has 1 fully saturated rings. The molecule has 1 amide bonds. The average molecular weight is 315 g/mol. The van der Waals surface area contributed by atoms with Crippen molar-refractivity contribution in [3.63, 3.8) is 0 Å². The van der Waals surface area contributed by atoms with E-state index < -0.39 is 0 Å². The summed E-state index contributed by atoms with van der Waals surface area (Å²) < 4.78 is 5.35. The summed E-state index contributed by atoms with van der Waals surface area (Å²) in [4.78, 5) is 11.6. The smallest absolute Gasteiger partial charge is 0.246 e. The monoisotopic (exact) mass is 314 g/mol. The van der Waals surface area contributed by atoms with Gasteiger partial charge in [0.15, 0.2) is 0 Å². The fraction of sp³-hybridized carbons (Fsp3) is 0.533. The molecule has 1 aliphatic rings. The van der Waals surface area contributed by atoms with E-state index in [9.17, 15) is 9.90 Å². The van der Waals surface area contributed by atoms with Gasteiger partial charge in [0.1, 0.15) is 6.61 Å². The third kappa shape index (κ3) is 6.44. The lowest BCUT2D eigenvalue weighted by atomic mass is 10.1. The Bertz CT molecular complexity index is 417. The fourth-order valence-electron chi connectivity index (χ4n) is 2.22. The quantitative estimate of drug-likeness (QED) is 0.636. The van der Waals surface area contributed by atoms with Crippen LogP contribution in [0.25, 0.3) is 0 Å². The highest BCUT2D eigenvalue weighted by atomic mass is 35.5. The van der Waals surface area contributed by atoms with Crippen LogP contribution in [0.4, 0.5) is 0 Å². The van der Waals surface area contributed by atoms with Crippen LogP contribution in [-0.2, 0) is 16.0 Å². The Kier molecular flexibility index (Phi) is 8.30. The number of aliphatic hydroxyl groups excluding tert-OH is 1. The van der Waals surface area contributed by atoms with Crippen molar-refractivity contribution in [1.82, 2.24) is 10.6 Å². The Labute approximate surface area is 131 Å². The van der Waals surface area contributed by atoms with Crippen molar-refractivity contribution >= 4 is 18.3 Å². The lowest BCUT2D eigenvalue weighted by Gasteiger charge is -2.14. The number of halogens is 1. The SMILES string of the molecule is Cl.O=C(COCCc1ccccc1)NCC1CNCC1O. The number of benzene rings is 1. The van der Waals surface area contributed by atoms with Gasteiger partial charge in [-0.2, -0.15) is 0 Å². The van der Waals surface area contributed by atoms with Gasteiger partial charge in [-0.3, -0.25) is 4.79 Å². The molecule has 3 N–H and O–H groups in total. The first-order chi connectivity index (χ1) is 9.75. The summed E-state index contributed by atoms with van der Waals surface area (Å²) in [5.74, 6) is -0.0274. The third-order valence-corrected chi connectivity index (χ3v) is 3.48. The van der Waals surface area contributed by atoms with Crippen molar-refractivity contribution in [1.29, 1.82) is 0 Å². The van der Waals surface area contributed by atoms with Crippen LogP contribution in [-0.4, -0.2) is 50.0 Å². The molecule has 5 nitrogen and oxygen atoms in total. The van der Waals surface area contributed by atoms with E-state index in [0.29, 0.717) is 19.7 Å². The molecule has 0 spiro atoms. The molecule has 118 valence electrons. The molecule has 0 radical (unpaired) electrons. The molecule has 0 saturated carbocycles. The Morgan fingerprint density at radius 1 is 1.33 bits per heavy atom. The summed E-state index contributed by atoms with van der Waals surface area (Å²) in [5.41, 5.74) is 1.20. The Hall–Kier alpha value is -1.14. The van der Waals surface area contributed by atoms with Crippen LogP contribution in [0.3, 0.4) is 0 Å². The Balaban J connectivity index is 0.00000220. The first-order valence-corrected chi connectivity index (χ1v) is 7.03. The van der Waals surface area contributed by atoms with Crippen molar-refractivity contribution < 1.29 is 14.6 Å². The molecular weight excluding hydrogens is 292 g/mol. The summed E-state index contributed by atoms with van der Waals surface area (Å²) in [7, 11) is 0. The largest absolute Gasteiger partial charge is 0.391 e. The maximum Gasteiger partial charge on any atom is 0.246 e. The predicted octanol–water partition coefficient (Wildman–Crippen LogP) is 0.364. The zero-order chi connectivity index (χ0) is 14.2. The number of amides is 1. The van der Waals surface area contributed by atoms with Gasteiger partial charge in [-0.1, -0.05) is 30.3 Å². The van der Waals surface area contributed by atoms with E-state index in [-0.39, 0.29) is 36.9 Å². The van der Waals surface area contributed by atoms with E-state index in [1.165, 1.54) is 5.56 Å². The summed E-state index contributed by atoms with van der Waals surface area (Å²) in [6, 6.07) is 10.0. The van der Waals surface area contributed by atoms with Crippen LogP contribution in [0.1, 0.15) is 5.56 Å². The molecule has 0 aromatic heterocycles. The molecule has 1 heterocycles. The normalized spacial score (nSPS) is 20.8. The minimum Gasteiger partial charge on any atom is -0.391 e. The highest BCUT2D eigenvalue weighted by Gasteiger charge is 2.24. The second-order valence-corrected chi connectivity index (χ2v) is 5.08. The highest BCUT2D eigenvalue weighted by molar-refractivity contribution is 5.85. The Morgan fingerprint density at radius 2 is 2.10 bits per heavy atom. The summed E-state index contributed by atoms with van der Waals surface area (Å²) in [5, 5.41) is 15.5. The molecule has 1 aromatic rings. The summed E-state index contributed by atoms with van der Waals surface area (Å²) in [6.45, 7) is 2.45. The van der Waals surface area contributed by atoms with Gasteiger partial charge >= 0.3 is 0 Å². The van der Waals surface area contributed by atoms with E-state index in [2.05, 4.69) is 10.6 Å². The van der Waals surface area contributed by atoms with Crippen molar-refractivity contribution in [2.75, 3.05) is 32.8 Å². The molecule has 21 heavy (non-hydrogen) atoms. The molecule has 1 aromatic carbocycles. The predicted molar refractivity (Wildman–Crippen MR) is 83.6 cm³/mol. The van der Waals surface area contributed by atoms with Crippen molar-refractivity contribution in [2.24, 2.45) is 5.92 Å². The topological polar surface area (TPSA) is 70.6 Å². The van der Waals surface area contributed by atoms with Crippen molar-refractivity contribution in [3.8, 4) is 0 Å². The van der Waals surface area contributed by atoms with Gasteiger partial charge in [0.2, 0.25) is 5.91 Å². The molecule has 1 saturated heterocycles. The average Bonchev–Trinajstić information content (AvgIpc) is 2.88. The number of ether oxygens (including phenoxy) is 1. The number of β-amino-alcohol motifs (C(OH)–C–C–N with tert-alkyl or cyclic N) is 1. The van der Waals surface area contributed by atoms with Crippen LogP contribution in [0.5, 0.6) is 0 Å². The van der Waals surface area contributed by atoms with E-state index in [1.54, 1.807) is 0 Å². The van der Waals surface area contributed by atoms with E-state index in [1.807, 2.05) is 30.3 Å². The molecule has 2 unspecified atom stereocenters. The number of nitrogens with one attached hydrogen (secondary N) is 2. The molecular formula is C15H23ClN2O3. The molecule has 2 rings (SSSR count). The van der Waals surface area contributed by atoms with Gasteiger partial charge in [-0.25, -0.2) is 0 Å². The van der Waals surface area contributed by atoms with Gasteiger partial charge in [0.05, 0.1) is 12.7 Å². The summed E-state index contributed by atoms with van der Waals surface area (Å²) >= 11 is 0. The van der Waals surface area contributed by atoms with Gasteiger partial charge in [0.25, 0.3) is 0 Å². The molecule has 2 atom stereocenters. The second kappa shape index (κ2) is 9.73. The molecule has 0 bridgehead atoms. The van der Waals surface area contributed by atoms with E-state index in [4.69, 9.17) is 4.74 Å². The summed E-state index contributed by atoms with van der Waals surface area (Å²) in [6.07, 6.45) is 0.439. The van der Waals surface area contributed by atoms with Gasteiger partial charge in [-0.15, -0.1) is 12.4 Å². The number of hydrogen-bond donors (Lipinski definition) is 3. The first-order valence-electron chi connectivity index (χ1n) is 7.03. The molecule has 0 aliphatic carbocycles. The highest BCUT2D eigenvalue weighted by Crippen LogP contribution is 2.06. The molecule has 1 aliphatic heterocycles. The van der Waals surface area contributed by atoms with Crippen LogP contribution < -0.4 is 10.6 Å². The number of hydrogen-bond acceptors (Lipinski definition) is 4. The van der Waals surface area contributed by atoms with Crippen molar-refractivity contribution in [2.45, 2.75) is 12.5 Å². The van der Waals surface area contributed by atoms with Crippen LogP contribution in [0.15, 0.2) is 30.3 Å². The van der Waals surface area contributed by atoms with Crippen LogP contribution in [0, 0.1) is 5.92 Å². The number of carbonyl (C=O) groups excluding carboxylic acids is 1. The second-order valence-electron chi connectivity index (χ2n) is 5.08. The van der Waals surface area contributed by atoms with Crippen LogP contribution >= 0.6 is 12.4 Å². The number of carbonyl (C=O) groups is 1. The zero-order valence-corrected chi connectivity index (χ0v) is 12.8.